The number of hydrogen-bond acceptors (Lipinski definition) is 4. The van der Waals surface area contributed by atoms with Gasteiger partial charge in [-0.3, -0.25) is 0 Å². The minimum Gasteiger partial charge on any atom is -0.379 e. The molecule has 4 heteroatoms. The highest BCUT2D eigenvalue weighted by atomic mass is 16.5. The smallest absolute Gasteiger partial charge is 0.0593 e. The number of nitrogens with zero attached hydrogens (tertiary/aromatic N) is 2. The summed E-state index contributed by atoms with van der Waals surface area (Å²) in [6, 6.07) is 1.37. The van der Waals surface area contributed by atoms with E-state index in [1.807, 2.05) is 0 Å². The molecule has 0 bridgehead atoms. The number of hydrogen-bond donors (Lipinski definition) is 1. The lowest BCUT2D eigenvalue weighted by Crippen LogP contribution is -2.35. The van der Waals surface area contributed by atoms with Gasteiger partial charge in [-0.05, 0) is 60.3 Å². The average molecular weight is 271 g/mol. The molecule has 1 atom stereocenters. The Morgan fingerprint density at radius 1 is 1.21 bits per heavy atom. The minimum atomic E-state index is 0.682. The lowest BCUT2D eigenvalue weighted by atomic mass is 10.1. The van der Waals surface area contributed by atoms with Gasteiger partial charge in [0.2, 0.25) is 0 Å². The molecule has 1 saturated heterocycles. The van der Waals surface area contributed by atoms with Crippen molar-refractivity contribution in [2.45, 2.75) is 45.2 Å². The van der Waals surface area contributed by atoms with E-state index >= 15 is 0 Å². The molecule has 0 aromatic carbocycles. The van der Waals surface area contributed by atoms with Crippen LogP contribution >= 0.6 is 0 Å². The molecule has 0 amide bonds. The zero-order valence-electron chi connectivity index (χ0n) is 13.3. The zero-order chi connectivity index (χ0) is 14.1. The number of ether oxygens (including phenoxy) is 1. The second kappa shape index (κ2) is 9.70. The van der Waals surface area contributed by atoms with Gasteiger partial charge in [0.15, 0.2) is 0 Å². The normalized spacial score (nSPS) is 22.1. The van der Waals surface area contributed by atoms with Crippen molar-refractivity contribution in [2.24, 2.45) is 0 Å². The molecule has 0 aromatic rings. The fourth-order valence-electron chi connectivity index (χ4n) is 2.52. The van der Waals surface area contributed by atoms with Gasteiger partial charge < -0.3 is 19.9 Å². The summed E-state index contributed by atoms with van der Waals surface area (Å²) < 4.78 is 5.61. The van der Waals surface area contributed by atoms with Gasteiger partial charge in [-0.1, -0.05) is 0 Å². The van der Waals surface area contributed by atoms with E-state index in [4.69, 9.17) is 4.74 Å². The molecule has 0 radical (unpaired) electrons. The maximum atomic E-state index is 5.61. The van der Waals surface area contributed by atoms with Crippen LogP contribution in [0.4, 0.5) is 0 Å². The van der Waals surface area contributed by atoms with Crippen LogP contribution in [0.3, 0.4) is 0 Å². The van der Waals surface area contributed by atoms with Crippen LogP contribution in [0.25, 0.3) is 0 Å². The summed E-state index contributed by atoms with van der Waals surface area (Å²) in [5.41, 5.74) is 0. The van der Waals surface area contributed by atoms with E-state index in [9.17, 15) is 0 Å². The monoisotopic (exact) mass is 271 g/mol. The minimum absolute atomic E-state index is 0.682. The van der Waals surface area contributed by atoms with Gasteiger partial charge in [0, 0.05) is 25.2 Å². The van der Waals surface area contributed by atoms with Gasteiger partial charge >= 0.3 is 0 Å². The van der Waals surface area contributed by atoms with E-state index in [1.54, 1.807) is 0 Å². The number of likely N-dealkylation sites (N-methyl/N-ethyl adjacent to an activating group) is 1. The molecule has 0 aromatic heterocycles. The second-order valence-electron chi connectivity index (χ2n) is 6.13. The first kappa shape index (κ1) is 16.9. The van der Waals surface area contributed by atoms with Gasteiger partial charge in [-0.25, -0.2) is 0 Å². The first-order chi connectivity index (χ1) is 9.09. The lowest BCUT2D eigenvalue weighted by molar-refractivity contribution is 0.117. The van der Waals surface area contributed by atoms with Gasteiger partial charge in [-0.15, -0.1) is 0 Å². The zero-order valence-corrected chi connectivity index (χ0v) is 13.3. The third kappa shape index (κ3) is 7.88. The van der Waals surface area contributed by atoms with Gasteiger partial charge in [-0.2, -0.15) is 0 Å². The van der Waals surface area contributed by atoms with Crippen LogP contribution in [-0.2, 0) is 4.74 Å². The molecule has 0 saturated carbocycles. The summed E-state index contributed by atoms with van der Waals surface area (Å²) in [6.07, 6.45) is 3.90. The summed E-state index contributed by atoms with van der Waals surface area (Å²) in [5.74, 6) is 0. The summed E-state index contributed by atoms with van der Waals surface area (Å²) in [7, 11) is 4.15. The molecule has 0 aliphatic carbocycles. The van der Waals surface area contributed by atoms with Gasteiger partial charge in [0.1, 0.15) is 0 Å². The highest BCUT2D eigenvalue weighted by molar-refractivity contribution is 4.76. The molecule has 1 aliphatic heterocycles. The Kier molecular flexibility index (Phi) is 8.62. The van der Waals surface area contributed by atoms with Crippen LogP contribution < -0.4 is 5.32 Å². The van der Waals surface area contributed by atoms with Gasteiger partial charge in [0.25, 0.3) is 0 Å². The van der Waals surface area contributed by atoms with Crippen molar-refractivity contribution in [1.82, 2.24) is 15.1 Å². The van der Waals surface area contributed by atoms with E-state index in [-0.39, 0.29) is 0 Å². The van der Waals surface area contributed by atoms with Crippen molar-refractivity contribution in [3.05, 3.63) is 0 Å². The first-order valence-electron chi connectivity index (χ1n) is 7.79. The molecule has 1 N–H and O–H groups in total. The molecule has 1 fully saturated rings. The topological polar surface area (TPSA) is 27.7 Å². The van der Waals surface area contributed by atoms with E-state index in [0.29, 0.717) is 12.1 Å². The quantitative estimate of drug-likeness (QED) is 0.676. The highest BCUT2D eigenvalue weighted by Crippen LogP contribution is 2.13. The summed E-state index contributed by atoms with van der Waals surface area (Å²) >= 11 is 0. The molecule has 0 spiro atoms. The maximum absolute atomic E-state index is 5.61. The molecular formula is C15H33N3O. The molecule has 19 heavy (non-hydrogen) atoms. The van der Waals surface area contributed by atoms with Crippen LogP contribution in [0.5, 0.6) is 0 Å². The number of rotatable bonds is 8. The third-order valence-corrected chi connectivity index (χ3v) is 3.86. The Labute approximate surface area is 119 Å². The molecule has 1 unspecified atom stereocenters. The van der Waals surface area contributed by atoms with Crippen molar-refractivity contribution in [3.8, 4) is 0 Å². The Hall–Kier alpha value is -0.160. The van der Waals surface area contributed by atoms with E-state index in [0.717, 1.165) is 26.3 Å². The molecule has 1 aliphatic rings. The van der Waals surface area contributed by atoms with Crippen molar-refractivity contribution in [3.63, 3.8) is 0 Å². The first-order valence-corrected chi connectivity index (χ1v) is 7.79. The van der Waals surface area contributed by atoms with Crippen molar-refractivity contribution in [2.75, 3.05) is 53.5 Å². The fourth-order valence-corrected chi connectivity index (χ4v) is 2.52. The Balaban J connectivity index is 2.03. The predicted molar refractivity (Wildman–Crippen MR) is 81.7 cm³/mol. The molecule has 1 heterocycles. The second-order valence-corrected chi connectivity index (χ2v) is 6.13. The average Bonchev–Trinajstić information content (AvgIpc) is 2.58. The lowest BCUT2D eigenvalue weighted by Gasteiger charge is -2.24. The highest BCUT2D eigenvalue weighted by Gasteiger charge is 2.17. The predicted octanol–water partition coefficient (Wildman–Crippen LogP) is 1.42. The van der Waals surface area contributed by atoms with E-state index in [1.165, 1.54) is 32.4 Å². The van der Waals surface area contributed by atoms with Crippen LogP contribution in [0.1, 0.15) is 33.1 Å². The van der Waals surface area contributed by atoms with Crippen LogP contribution in [-0.4, -0.2) is 75.4 Å². The molecule has 4 nitrogen and oxygen atoms in total. The standard InChI is InChI=1S/C15H33N3O/c1-14(2)18-9-5-6-15(7-10-18)16-8-12-19-13-11-17(3)4/h14-16H,5-13H2,1-4H3. The Morgan fingerprint density at radius 3 is 2.68 bits per heavy atom. The van der Waals surface area contributed by atoms with Gasteiger partial charge in [0.05, 0.1) is 13.2 Å². The molecule has 1 rings (SSSR count). The van der Waals surface area contributed by atoms with E-state index < -0.39 is 0 Å². The van der Waals surface area contributed by atoms with Crippen LogP contribution in [0.15, 0.2) is 0 Å². The number of likely N-dealkylation sites (tertiary alicyclic amines) is 1. The molecule has 114 valence electrons. The fraction of sp³-hybridized carbons (Fsp3) is 1.00. The summed E-state index contributed by atoms with van der Waals surface area (Å²) in [5, 5.41) is 3.64. The number of nitrogens with one attached hydrogen (secondary N) is 1. The Morgan fingerprint density at radius 2 is 2.00 bits per heavy atom. The van der Waals surface area contributed by atoms with E-state index in [2.05, 4.69) is 43.1 Å². The summed E-state index contributed by atoms with van der Waals surface area (Å²) in [6.45, 7) is 10.7. The third-order valence-electron chi connectivity index (χ3n) is 3.86. The largest absolute Gasteiger partial charge is 0.379 e. The summed E-state index contributed by atoms with van der Waals surface area (Å²) in [4.78, 5) is 4.74. The van der Waals surface area contributed by atoms with Crippen LogP contribution in [0.2, 0.25) is 0 Å². The SMILES string of the molecule is CC(C)N1CCCC(NCCOCCN(C)C)CC1. The molecular weight excluding hydrogens is 238 g/mol. The van der Waals surface area contributed by atoms with Crippen molar-refractivity contribution >= 4 is 0 Å². The van der Waals surface area contributed by atoms with Crippen molar-refractivity contribution in [1.29, 1.82) is 0 Å². The van der Waals surface area contributed by atoms with Crippen molar-refractivity contribution < 1.29 is 4.74 Å². The maximum Gasteiger partial charge on any atom is 0.0593 e. The van der Waals surface area contributed by atoms with Crippen LogP contribution in [0, 0.1) is 0 Å². The Bertz CT molecular complexity index is 221.